The molecule has 2 aliphatic heterocycles. The van der Waals surface area contributed by atoms with Crippen LogP contribution in [0.1, 0.15) is 45.7 Å². The quantitative estimate of drug-likeness (QED) is 0.562. The highest BCUT2D eigenvalue weighted by atomic mass is 32.1. The van der Waals surface area contributed by atoms with E-state index in [9.17, 15) is 14.4 Å². The summed E-state index contributed by atoms with van der Waals surface area (Å²) in [6.45, 7) is 11.4. The molecule has 2 aliphatic rings. The average molecular weight is 478 g/mol. The van der Waals surface area contributed by atoms with Crippen LogP contribution in [0.5, 0.6) is 0 Å². The average Bonchev–Trinajstić information content (AvgIpc) is 3.32. The zero-order chi connectivity index (χ0) is 24.0. The number of carbonyl (C=O) groups excluding carboxylic acids is 3. The molecule has 182 valence electrons. The lowest BCUT2D eigenvalue weighted by Gasteiger charge is -2.42. The van der Waals surface area contributed by atoms with Gasteiger partial charge in [-0.1, -0.05) is 6.92 Å². The molecule has 1 aromatic heterocycles. The second-order valence-corrected chi connectivity index (χ2v) is 9.05. The third kappa shape index (κ3) is 5.67. The largest absolute Gasteiger partial charge is 0.463 e. The standard InChI is InChI=1S/C23H35N5O4S/c1-5-9-24-22(30)28-11-10-26(13-16(28)4)14-18-19(21(29)32-7-3)20(17-8-12-33-15-17)25-23(31)27(18)6-2/h8,12,15-16,20H,5-7,9-11,13-14H2,1-4H3,(H,24,30)(H,25,31)/t16-,20+/m0/s1. The number of rotatable bonds is 8. The molecule has 0 aliphatic carbocycles. The molecule has 0 spiro atoms. The predicted molar refractivity (Wildman–Crippen MR) is 128 cm³/mol. The SMILES string of the molecule is CCCNC(=O)N1CCN(CC2=C(C(=O)OCC)[C@@H](c3ccsc3)NC(=O)N2CC)C[C@@H]1C. The number of hydrogen-bond donors (Lipinski definition) is 2. The molecule has 3 heterocycles. The third-order valence-electron chi connectivity index (χ3n) is 6.00. The molecule has 1 aromatic rings. The summed E-state index contributed by atoms with van der Waals surface area (Å²) in [5, 5.41) is 9.80. The van der Waals surface area contributed by atoms with Gasteiger partial charge in [0, 0.05) is 51.0 Å². The molecule has 0 aromatic carbocycles. The van der Waals surface area contributed by atoms with Crippen LogP contribution in [0, 0.1) is 0 Å². The van der Waals surface area contributed by atoms with Crippen molar-refractivity contribution in [2.45, 2.75) is 46.2 Å². The lowest BCUT2D eigenvalue weighted by Crippen LogP contribution is -2.58. The van der Waals surface area contributed by atoms with Gasteiger partial charge in [0.2, 0.25) is 0 Å². The molecular weight excluding hydrogens is 442 g/mol. The summed E-state index contributed by atoms with van der Waals surface area (Å²) >= 11 is 1.52. The number of carbonyl (C=O) groups is 3. The number of nitrogens with one attached hydrogen (secondary N) is 2. The van der Waals surface area contributed by atoms with Crippen molar-refractivity contribution in [2.75, 3.05) is 45.9 Å². The van der Waals surface area contributed by atoms with E-state index < -0.39 is 12.0 Å². The first-order chi connectivity index (χ1) is 15.9. The Morgan fingerprint density at radius 1 is 1.27 bits per heavy atom. The molecule has 0 unspecified atom stereocenters. The monoisotopic (exact) mass is 477 g/mol. The van der Waals surface area contributed by atoms with Gasteiger partial charge in [-0.25, -0.2) is 14.4 Å². The normalized spacial score (nSPS) is 21.8. The first kappa shape index (κ1) is 25.0. The van der Waals surface area contributed by atoms with E-state index in [0.717, 1.165) is 12.0 Å². The Labute approximate surface area is 199 Å². The van der Waals surface area contributed by atoms with Crippen molar-refractivity contribution >= 4 is 29.4 Å². The van der Waals surface area contributed by atoms with Crippen LogP contribution in [-0.2, 0) is 9.53 Å². The summed E-state index contributed by atoms with van der Waals surface area (Å²) in [4.78, 5) is 44.2. The van der Waals surface area contributed by atoms with Crippen molar-refractivity contribution in [3.05, 3.63) is 33.7 Å². The van der Waals surface area contributed by atoms with Gasteiger partial charge in [-0.15, -0.1) is 0 Å². The first-order valence-corrected chi connectivity index (χ1v) is 12.6. The molecule has 33 heavy (non-hydrogen) atoms. The number of urea groups is 2. The van der Waals surface area contributed by atoms with Gasteiger partial charge < -0.3 is 20.3 Å². The van der Waals surface area contributed by atoms with Crippen molar-refractivity contribution in [1.82, 2.24) is 25.3 Å². The molecule has 9 nitrogen and oxygen atoms in total. The molecule has 1 saturated heterocycles. The van der Waals surface area contributed by atoms with E-state index in [1.807, 2.05) is 42.5 Å². The molecule has 2 N–H and O–H groups in total. The van der Waals surface area contributed by atoms with Crippen LogP contribution in [0.2, 0.25) is 0 Å². The first-order valence-electron chi connectivity index (χ1n) is 11.7. The van der Waals surface area contributed by atoms with Crippen molar-refractivity contribution in [1.29, 1.82) is 0 Å². The number of hydrogen-bond acceptors (Lipinski definition) is 6. The Morgan fingerprint density at radius 3 is 2.67 bits per heavy atom. The van der Waals surface area contributed by atoms with E-state index >= 15 is 0 Å². The number of esters is 1. The lowest BCUT2D eigenvalue weighted by molar-refractivity contribution is -0.139. The highest BCUT2D eigenvalue weighted by molar-refractivity contribution is 7.08. The maximum Gasteiger partial charge on any atom is 0.338 e. The highest BCUT2D eigenvalue weighted by Gasteiger charge is 2.39. The molecule has 4 amide bonds. The number of nitrogens with zero attached hydrogens (tertiary/aromatic N) is 3. The number of ether oxygens (including phenoxy) is 1. The maximum absolute atomic E-state index is 13.1. The van der Waals surface area contributed by atoms with Crippen LogP contribution < -0.4 is 10.6 Å². The van der Waals surface area contributed by atoms with E-state index in [1.165, 1.54) is 11.3 Å². The van der Waals surface area contributed by atoms with Crippen LogP contribution in [0.4, 0.5) is 9.59 Å². The molecule has 1 fully saturated rings. The molecule has 3 rings (SSSR count). The van der Waals surface area contributed by atoms with E-state index in [1.54, 1.807) is 11.8 Å². The molecular formula is C23H35N5O4S. The summed E-state index contributed by atoms with van der Waals surface area (Å²) in [5.74, 6) is -0.409. The van der Waals surface area contributed by atoms with Gasteiger partial charge in [0.05, 0.1) is 18.2 Å². The molecule has 0 saturated carbocycles. The Kier molecular flexibility index (Phi) is 8.74. The number of amides is 4. The Hall–Kier alpha value is -2.59. The van der Waals surface area contributed by atoms with Gasteiger partial charge in [0.15, 0.2) is 0 Å². The minimum atomic E-state index is -0.542. The van der Waals surface area contributed by atoms with Crippen LogP contribution in [-0.4, -0.2) is 84.6 Å². The smallest absolute Gasteiger partial charge is 0.338 e. The second kappa shape index (κ2) is 11.5. The fourth-order valence-corrected chi connectivity index (χ4v) is 5.06. The molecule has 2 atom stereocenters. The topological polar surface area (TPSA) is 94.2 Å². The Morgan fingerprint density at radius 2 is 2.06 bits per heavy atom. The van der Waals surface area contributed by atoms with E-state index in [2.05, 4.69) is 15.5 Å². The summed E-state index contributed by atoms with van der Waals surface area (Å²) in [7, 11) is 0. The van der Waals surface area contributed by atoms with Gasteiger partial charge in [-0.05, 0) is 49.6 Å². The summed E-state index contributed by atoms with van der Waals surface area (Å²) in [6.07, 6.45) is 0.894. The van der Waals surface area contributed by atoms with E-state index in [0.29, 0.717) is 50.5 Å². The van der Waals surface area contributed by atoms with Gasteiger partial charge >= 0.3 is 18.0 Å². The van der Waals surface area contributed by atoms with Crippen LogP contribution in [0.25, 0.3) is 0 Å². The van der Waals surface area contributed by atoms with Gasteiger partial charge in [-0.2, -0.15) is 11.3 Å². The number of piperazine rings is 1. The third-order valence-corrected chi connectivity index (χ3v) is 6.70. The van der Waals surface area contributed by atoms with Crippen LogP contribution in [0.3, 0.4) is 0 Å². The Balaban J connectivity index is 1.88. The molecule has 0 radical (unpaired) electrons. The summed E-state index contributed by atoms with van der Waals surface area (Å²) in [5.41, 5.74) is 2.02. The van der Waals surface area contributed by atoms with Gasteiger partial charge in [0.25, 0.3) is 0 Å². The zero-order valence-electron chi connectivity index (χ0n) is 19.9. The van der Waals surface area contributed by atoms with Crippen LogP contribution in [0.15, 0.2) is 28.1 Å². The van der Waals surface area contributed by atoms with Gasteiger partial charge in [0.1, 0.15) is 0 Å². The molecule has 10 heteroatoms. The number of likely N-dealkylation sites (N-methyl/N-ethyl adjacent to an activating group) is 1. The highest BCUT2D eigenvalue weighted by Crippen LogP contribution is 2.33. The zero-order valence-corrected chi connectivity index (χ0v) is 20.7. The maximum atomic E-state index is 13.1. The Bertz CT molecular complexity index is 872. The van der Waals surface area contributed by atoms with Crippen LogP contribution >= 0.6 is 11.3 Å². The minimum absolute atomic E-state index is 0.0161. The lowest BCUT2D eigenvalue weighted by atomic mass is 9.96. The number of thiophene rings is 1. The predicted octanol–water partition coefficient (Wildman–Crippen LogP) is 2.78. The van der Waals surface area contributed by atoms with Crippen molar-refractivity contribution in [2.24, 2.45) is 0 Å². The van der Waals surface area contributed by atoms with Gasteiger partial charge in [-0.3, -0.25) is 9.80 Å². The second-order valence-electron chi connectivity index (χ2n) is 8.27. The van der Waals surface area contributed by atoms with Crippen molar-refractivity contribution < 1.29 is 19.1 Å². The fraction of sp³-hybridized carbons (Fsp3) is 0.609. The van der Waals surface area contributed by atoms with E-state index in [-0.39, 0.29) is 24.7 Å². The minimum Gasteiger partial charge on any atom is -0.463 e. The fourth-order valence-electron chi connectivity index (χ4n) is 4.37. The molecule has 0 bridgehead atoms. The van der Waals surface area contributed by atoms with Crippen molar-refractivity contribution in [3.8, 4) is 0 Å². The van der Waals surface area contributed by atoms with E-state index in [4.69, 9.17) is 4.74 Å². The van der Waals surface area contributed by atoms with Crippen molar-refractivity contribution in [3.63, 3.8) is 0 Å². The summed E-state index contributed by atoms with van der Waals surface area (Å²) < 4.78 is 5.41. The summed E-state index contributed by atoms with van der Waals surface area (Å²) in [6, 6.07) is 1.13.